The number of rotatable bonds is 0. The van der Waals surface area contributed by atoms with E-state index in [1.54, 1.807) is 0 Å². The normalized spacial score (nSPS) is 14.1. The molecule has 90 valence electrons. The SMILES string of the molecule is C1CCCC1.NC=O.O=C(O)C(F)(F)F. The number of hydrogen-bond acceptors (Lipinski definition) is 2. The first-order valence-corrected chi connectivity index (χ1v) is 4.31. The summed E-state index contributed by atoms with van der Waals surface area (Å²) in [5.41, 5.74) is 4.17. The highest BCUT2D eigenvalue weighted by Crippen LogP contribution is 2.15. The van der Waals surface area contributed by atoms with Gasteiger partial charge < -0.3 is 10.8 Å². The molecule has 0 radical (unpaired) electrons. The third-order valence-corrected chi connectivity index (χ3v) is 1.49. The highest BCUT2D eigenvalue weighted by atomic mass is 19.4. The van der Waals surface area contributed by atoms with Crippen LogP contribution >= 0.6 is 0 Å². The van der Waals surface area contributed by atoms with Gasteiger partial charge >= 0.3 is 12.1 Å². The van der Waals surface area contributed by atoms with E-state index in [1.807, 2.05) is 0 Å². The van der Waals surface area contributed by atoms with Gasteiger partial charge in [0.25, 0.3) is 0 Å². The highest BCUT2D eigenvalue weighted by molar-refractivity contribution is 5.73. The average molecular weight is 229 g/mol. The van der Waals surface area contributed by atoms with Crippen molar-refractivity contribution in [2.45, 2.75) is 38.3 Å². The van der Waals surface area contributed by atoms with Gasteiger partial charge in [-0.25, -0.2) is 4.79 Å². The molecule has 1 amide bonds. The lowest BCUT2D eigenvalue weighted by atomic mass is 10.4. The molecular formula is C8H14F3NO3. The lowest BCUT2D eigenvalue weighted by molar-refractivity contribution is -0.192. The summed E-state index contributed by atoms with van der Waals surface area (Å²) in [7, 11) is 0. The van der Waals surface area contributed by atoms with Crippen LogP contribution in [0.5, 0.6) is 0 Å². The van der Waals surface area contributed by atoms with E-state index in [1.165, 1.54) is 32.1 Å². The summed E-state index contributed by atoms with van der Waals surface area (Å²) in [5, 5.41) is 7.12. The zero-order valence-corrected chi connectivity index (χ0v) is 8.09. The monoisotopic (exact) mass is 229 g/mol. The molecule has 0 heterocycles. The summed E-state index contributed by atoms with van der Waals surface area (Å²) in [6.45, 7) is 0. The van der Waals surface area contributed by atoms with Gasteiger partial charge in [-0.05, 0) is 0 Å². The molecule has 0 unspecified atom stereocenters. The first kappa shape index (κ1) is 16.2. The fourth-order valence-corrected chi connectivity index (χ4v) is 0.884. The number of aliphatic carboxylic acids is 1. The number of hydrogen-bond donors (Lipinski definition) is 2. The Labute approximate surface area is 85.3 Å². The van der Waals surface area contributed by atoms with Crippen molar-refractivity contribution in [2.24, 2.45) is 5.73 Å². The molecule has 0 aromatic heterocycles. The molecule has 1 saturated carbocycles. The molecule has 0 spiro atoms. The maximum Gasteiger partial charge on any atom is 0.490 e. The highest BCUT2D eigenvalue weighted by Gasteiger charge is 2.38. The number of nitrogens with two attached hydrogens (primary N) is 1. The Bertz CT molecular complexity index is 171. The molecule has 1 fully saturated rings. The van der Waals surface area contributed by atoms with E-state index in [4.69, 9.17) is 14.7 Å². The van der Waals surface area contributed by atoms with Crippen molar-refractivity contribution in [3.05, 3.63) is 0 Å². The molecule has 0 bridgehead atoms. The molecule has 3 N–H and O–H groups in total. The predicted molar refractivity (Wildman–Crippen MR) is 47.0 cm³/mol. The third kappa shape index (κ3) is 15.5. The first-order valence-electron chi connectivity index (χ1n) is 4.31. The van der Waals surface area contributed by atoms with Crippen LogP contribution in [0.25, 0.3) is 0 Å². The van der Waals surface area contributed by atoms with Gasteiger partial charge in [0.2, 0.25) is 6.41 Å². The Morgan fingerprint density at radius 1 is 1.13 bits per heavy atom. The van der Waals surface area contributed by atoms with Crippen LogP contribution in [0, 0.1) is 0 Å². The van der Waals surface area contributed by atoms with Gasteiger partial charge in [-0.3, -0.25) is 4.79 Å². The Kier molecular flexibility index (Phi) is 10.0. The van der Waals surface area contributed by atoms with Crippen molar-refractivity contribution in [2.75, 3.05) is 0 Å². The van der Waals surface area contributed by atoms with Gasteiger partial charge in [-0.1, -0.05) is 32.1 Å². The second kappa shape index (κ2) is 9.29. The van der Waals surface area contributed by atoms with Crippen molar-refractivity contribution in [3.8, 4) is 0 Å². The van der Waals surface area contributed by atoms with E-state index < -0.39 is 12.1 Å². The molecule has 0 atom stereocenters. The number of halogens is 3. The Morgan fingerprint density at radius 2 is 1.27 bits per heavy atom. The van der Waals surface area contributed by atoms with Gasteiger partial charge in [0.1, 0.15) is 0 Å². The minimum Gasteiger partial charge on any atom is -0.475 e. The maximum absolute atomic E-state index is 10.6. The second-order valence-corrected chi connectivity index (χ2v) is 2.71. The fourth-order valence-electron chi connectivity index (χ4n) is 0.884. The zero-order chi connectivity index (χ0) is 12.3. The predicted octanol–water partition coefficient (Wildman–Crippen LogP) is 1.69. The van der Waals surface area contributed by atoms with Crippen LogP contribution in [0.1, 0.15) is 32.1 Å². The van der Waals surface area contributed by atoms with Crippen LogP contribution in [-0.4, -0.2) is 23.7 Å². The molecule has 1 aliphatic carbocycles. The smallest absolute Gasteiger partial charge is 0.475 e. The largest absolute Gasteiger partial charge is 0.490 e. The quantitative estimate of drug-likeness (QED) is 0.620. The summed E-state index contributed by atoms with van der Waals surface area (Å²) in [6, 6.07) is 0. The van der Waals surface area contributed by atoms with Crippen LogP contribution in [-0.2, 0) is 9.59 Å². The standard InChI is InChI=1S/C5H10.C2HF3O2.CH3NO/c1-2-4-5-3-1;3-2(4,5)1(6)7;2-1-3/h1-5H2;(H,6,7);1H,(H2,2,3). The summed E-state index contributed by atoms with van der Waals surface area (Å²) < 4.78 is 31.7. The topological polar surface area (TPSA) is 80.4 Å². The van der Waals surface area contributed by atoms with Gasteiger partial charge in [-0.2, -0.15) is 13.2 Å². The Hall–Kier alpha value is -1.27. The van der Waals surface area contributed by atoms with Gasteiger partial charge in [-0.15, -0.1) is 0 Å². The number of amides is 1. The van der Waals surface area contributed by atoms with E-state index in [-0.39, 0.29) is 6.41 Å². The number of carbonyl (C=O) groups excluding carboxylic acids is 1. The second-order valence-electron chi connectivity index (χ2n) is 2.71. The van der Waals surface area contributed by atoms with Gasteiger partial charge in [0.15, 0.2) is 0 Å². The summed E-state index contributed by atoms with van der Waals surface area (Å²) >= 11 is 0. The number of carboxylic acids is 1. The molecule has 1 rings (SSSR count). The van der Waals surface area contributed by atoms with E-state index >= 15 is 0 Å². The van der Waals surface area contributed by atoms with Crippen LogP contribution in [0.3, 0.4) is 0 Å². The molecule has 7 heteroatoms. The molecule has 15 heavy (non-hydrogen) atoms. The Morgan fingerprint density at radius 3 is 1.33 bits per heavy atom. The van der Waals surface area contributed by atoms with Crippen LogP contribution < -0.4 is 5.73 Å². The minimum atomic E-state index is -5.08. The third-order valence-electron chi connectivity index (χ3n) is 1.49. The molecule has 0 saturated heterocycles. The number of primary amides is 1. The summed E-state index contributed by atoms with van der Waals surface area (Å²) in [4.78, 5) is 17.5. The molecule has 1 aliphatic rings. The van der Waals surface area contributed by atoms with Crippen molar-refractivity contribution in [1.29, 1.82) is 0 Å². The van der Waals surface area contributed by atoms with Crippen molar-refractivity contribution >= 4 is 12.4 Å². The number of alkyl halides is 3. The first-order chi connectivity index (χ1) is 6.86. The van der Waals surface area contributed by atoms with Crippen LogP contribution in [0.2, 0.25) is 0 Å². The summed E-state index contributed by atoms with van der Waals surface area (Å²) in [5.74, 6) is -2.76. The van der Waals surface area contributed by atoms with Crippen LogP contribution in [0.4, 0.5) is 13.2 Å². The Balaban J connectivity index is 0. The van der Waals surface area contributed by atoms with Gasteiger partial charge in [0, 0.05) is 0 Å². The molecular weight excluding hydrogens is 215 g/mol. The average Bonchev–Trinajstić information content (AvgIpc) is 2.59. The van der Waals surface area contributed by atoms with Gasteiger partial charge in [0.05, 0.1) is 0 Å². The number of carbonyl (C=O) groups is 2. The van der Waals surface area contributed by atoms with Crippen LogP contribution in [0.15, 0.2) is 0 Å². The van der Waals surface area contributed by atoms with E-state index in [0.717, 1.165) is 0 Å². The number of carboxylic acid groups (broad SMARTS) is 1. The molecule has 4 nitrogen and oxygen atoms in total. The van der Waals surface area contributed by atoms with Crippen molar-refractivity contribution in [3.63, 3.8) is 0 Å². The summed E-state index contributed by atoms with van der Waals surface area (Å²) in [6.07, 6.45) is 2.67. The molecule has 0 aromatic rings. The minimum absolute atomic E-state index is 0.250. The fraction of sp³-hybridized carbons (Fsp3) is 0.750. The van der Waals surface area contributed by atoms with E-state index in [0.29, 0.717) is 0 Å². The van der Waals surface area contributed by atoms with Crippen molar-refractivity contribution in [1.82, 2.24) is 0 Å². The molecule has 0 aliphatic heterocycles. The van der Waals surface area contributed by atoms with E-state index in [2.05, 4.69) is 5.73 Å². The lowest BCUT2D eigenvalue weighted by Gasteiger charge is -1.93. The maximum atomic E-state index is 10.6. The zero-order valence-electron chi connectivity index (χ0n) is 8.09. The lowest BCUT2D eigenvalue weighted by Crippen LogP contribution is -2.21. The molecule has 0 aromatic carbocycles. The van der Waals surface area contributed by atoms with E-state index in [9.17, 15) is 13.2 Å². The van der Waals surface area contributed by atoms with Crippen molar-refractivity contribution < 1.29 is 27.9 Å².